The van der Waals surface area contributed by atoms with Crippen LogP contribution in [0.4, 0.5) is 0 Å². The Labute approximate surface area is 153 Å². The molecule has 1 aliphatic heterocycles. The normalized spacial score (nSPS) is 18.3. The molecule has 6 nitrogen and oxygen atoms in total. The Bertz CT molecular complexity index is 935. The molecule has 0 radical (unpaired) electrons. The van der Waals surface area contributed by atoms with E-state index in [1.54, 1.807) is 16.8 Å². The fourth-order valence-corrected chi connectivity index (χ4v) is 3.88. The van der Waals surface area contributed by atoms with Crippen LogP contribution >= 0.6 is 0 Å². The summed E-state index contributed by atoms with van der Waals surface area (Å²) in [6.45, 7) is 7.38. The number of aromatic amines is 1. The molecule has 1 atom stereocenters. The van der Waals surface area contributed by atoms with Crippen molar-refractivity contribution in [1.82, 2.24) is 14.5 Å². The van der Waals surface area contributed by atoms with Crippen molar-refractivity contribution in [1.29, 1.82) is 5.26 Å². The van der Waals surface area contributed by atoms with Crippen molar-refractivity contribution < 1.29 is 0 Å². The van der Waals surface area contributed by atoms with Crippen LogP contribution in [0, 0.1) is 17.2 Å². The molecule has 1 saturated heterocycles. The summed E-state index contributed by atoms with van der Waals surface area (Å²) in [6, 6.07) is 5.50. The van der Waals surface area contributed by atoms with Gasteiger partial charge in [0, 0.05) is 25.3 Å². The third kappa shape index (κ3) is 3.88. The summed E-state index contributed by atoms with van der Waals surface area (Å²) in [5, 5.41) is 9.42. The Balaban J connectivity index is 1.81. The zero-order valence-corrected chi connectivity index (χ0v) is 15.5. The number of aromatic nitrogens is 2. The maximum Gasteiger partial charge on any atom is 0.266 e. The SMILES string of the molecule is CC(C)CN1CCCC[C@@H]1CCn1ccc2[nH]c(=O)c(C#N)cc2c1=O. The number of pyridine rings is 2. The molecular weight excluding hydrogens is 328 g/mol. The van der Waals surface area contributed by atoms with E-state index in [1.165, 1.54) is 25.3 Å². The standard InChI is InChI=1S/C20H26N4O2/c1-14(2)13-24-8-4-3-5-16(24)6-9-23-10-7-18-17(20(23)26)11-15(12-21)19(25)22-18/h7,10-11,14,16H,3-6,8-9,13H2,1-2H3,(H,22,25)/t16-/m1/s1. The Kier molecular flexibility index (Phi) is 5.58. The maximum atomic E-state index is 12.8. The summed E-state index contributed by atoms with van der Waals surface area (Å²) in [6.07, 6.45) is 6.36. The quantitative estimate of drug-likeness (QED) is 0.894. The van der Waals surface area contributed by atoms with Gasteiger partial charge < -0.3 is 14.5 Å². The molecule has 138 valence electrons. The molecule has 1 aliphatic rings. The van der Waals surface area contributed by atoms with Gasteiger partial charge in [-0.05, 0) is 43.9 Å². The number of hydrogen-bond donors (Lipinski definition) is 1. The zero-order valence-electron chi connectivity index (χ0n) is 15.5. The number of piperidine rings is 1. The number of fused-ring (bicyclic) bond motifs is 1. The lowest BCUT2D eigenvalue weighted by Gasteiger charge is -2.37. The summed E-state index contributed by atoms with van der Waals surface area (Å²) in [5.41, 5.74) is -0.151. The fraction of sp³-hybridized carbons (Fsp3) is 0.550. The first-order valence-corrected chi connectivity index (χ1v) is 9.40. The first-order valence-electron chi connectivity index (χ1n) is 9.40. The molecule has 0 aliphatic carbocycles. The second-order valence-corrected chi connectivity index (χ2v) is 7.59. The Morgan fingerprint density at radius 2 is 2.15 bits per heavy atom. The van der Waals surface area contributed by atoms with Gasteiger partial charge in [0.1, 0.15) is 11.6 Å². The highest BCUT2D eigenvalue weighted by Gasteiger charge is 2.22. The molecule has 3 rings (SSSR count). The highest BCUT2D eigenvalue weighted by Crippen LogP contribution is 2.21. The molecule has 0 unspecified atom stereocenters. The van der Waals surface area contributed by atoms with E-state index in [9.17, 15) is 9.59 Å². The van der Waals surface area contributed by atoms with Crippen molar-refractivity contribution in [2.24, 2.45) is 5.92 Å². The molecule has 1 N–H and O–H groups in total. The number of hydrogen-bond acceptors (Lipinski definition) is 4. The van der Waals surface area contributed by atoms with Crippen LogP contribution < -0.4 is 11.1 Å². The Morgan fingerprint density at radius 1 is 1.35 bits per heavy atom. The Hall–Kier alpha value is -2.39. The minimum absolute atomic E-state index is 0.0252. The van der Waals surface area contributed by atoms with Gasteiger partial charge in [0.25, 0.3) is 11.1 Å². The number of H-pyrrole nitrogens is 1. The lowest BCUT2D eigenvalue weighted by Crippen LogP contribution is -2.42. The number of rotatable bonds is 5. The van der Waals surface area contributed by atoms with Gasteiger partial charge >= 0.3 is 0 Å². The predicted octanol–water partition coefficient (Wildman–Crippen LogP) is 2.46. The average molecular weight is 354 g/mol. The lowest BCUT2D eigenvalue weighted by molar-refractivity contribution is 0.121. The molecule has 0 bridgehead atoms. The number of nitrogens with zero attached hydrogens (tertiary/aromatic N) is 3. The molecular formula is C20H26N4O2. The monoisotopic (exact) mass is 354 g/mol. The average Bonchev–Trinajstić information content (AvgIpc) is 2.61. The minimum Gasteiger partial charge on any atom is -0.321 e. The van der Waals surface area contributed by atoms with E-state index in [0.29, 0.717) is 29.4 Å². The van der Waals surface area contributed by atoms with Gasteiger partial charge in [-0.3, -0.25) is 9.59 Å². The van der Waals surface area contributed by atoms with E-state index in [4.69, 9.17) is 5.26 Å². The second-order valence-electron chi connectivity index (χ2n) is 7.59. The highest BCUT2D eigenvalue weighted by atomic mass is 16.1. The van der Waals surface area contributed by atoms with E-state index in [-0.39, 0.29) is 11.1 Å². The van der Waals surface area contributed by atoms with Crippen LogP contribution in [-0.2, 0) is 6.54 Å². The predicted molar refractivity (Wildman–Crippen MR) is 102 cm³/mol. The van der Waals surface area contributed by atoms with Crippen LogP contribution in [-0.4, -0.2) is 33.6 Å². The molecule has 2 aromatic heterocycles. The summed E-state index contributed by atoms with van der Waals surface area (Å²) >= 11 is 0. The summed E-state index contributed by atoms with van der Waals surface area (Å²) in [5.74, 6) is 0.639. The van der Waals surface area contributed by atoms with Crippen LogP contribution in [0.25, 0.3) is 10.9 Å². The van der Waals surface area contributed by atoms with E-state index in [1.807, 2.05) is 6.07 Å². The fourth-order valence-electron chi connectivity index (χ4n) is 3.88. The summed E-state index contributed by atoms with van der Waals surface area (Å²) < 4.78 is 1.70. The molecule has 1 fully saturated rings. The Morgan fingerprint density at radius 3 is 2.88 bits per heavy atom. The molecule has 26 heavy (non-hydrogen) atoms. The number of likely N-dealkylation sites (tertiary alicyclic amines) is 1. The number of aryl methyl sites for hydroxylation is 1. The van der Waals surface area contributed by atoms with E-state index >= 15 is 0 Å². The smallest absolute Gasteiger partial charge is 0.266 e. The van der Waals surface area contributed by atoms with Crippen molar-refractivity contribution in [3.8, 4) is 6.07 Å². The lowest BCUT2D eigenvalue weighted by atomic mass is 9.98. The molecule has 0 spiro atoms. The van der Waals surface area contributed by atoms with E-state index in [0.717, 1.165) is 19.5 Å². The minimum atomic E-state index is -0.455. The third-order valence-electron chi connectivity index (χ3n) is 5.16. The molecule has 3 heterocycles. The van der Waals surface area contributed by atoms with E-state index < -0.39 is 5.56 Å². The van der Waals surface area contributed by atoms with Crippen LogP contribution in [0.1, 0.15) is 45.1 Å². The molecule has 0 amide bonds. The van der Waals surface area contributed by atoms with Crippen molar-refractivity contribution in [3.63, 3.8) is 0 Å². The van der Waals surface area contributed by atoms with Gasteiger partial charge in [-0.2, -0.15) is 5.26 Å². The summed E-state index contributed by atoms with van der Waals surface area (Å²) in [4.78, 5) is 29.7. The molecule has 6 heteroatoms. The van der Waals surface area contributed by atoms with Crippen molar-refractivity contribution >= 4 is 10.9 Å². The topological polar surface area (TPSA) is 81.9 Å². The first-order chi connectivity index (χ1) is 12.5. The third-order valence-corrected chi connectivity index (χ3v) is 5.16. The number of nitriles is 1. The van der Waals surface area contributed by atoms with Crippen LogP contribution in [0.5, 0.6) is 0 Å². The highest BCUT2D eigenvalue weighted by molar-refractivity contribution is 5.78. The van der Waals surface area contributed by atoms with Crippen molar-refractivity contribution in [2.75, 3.05) is 13.1 Å². The van der Waals surface area contributed by atoms with Gasteiger partial charge in [0.15, 0.2) is 0 Å². The zero-order chi connectivity index (χ0) is 18.7. The molecule has 0 saturated carbocycles. The van der Waals surface area contributed by atoms with Crippen LogP contribution in [0.2, 0.25) is 0 Å². The largest absolute Gasteiger partial charge is 0.321 e. The molecule has 2 aromatic rings. The van der Waals surface area contributed by atoms with Crippen molar-refractivity contribution in [3.05, 3.63) is 44.6 Å². The summed E-state index contributed by atoms with van der Waals surface area (Å²) in [7, 11) is 0. The van der Waals surface area contributed by atoms with Gasteiger partial charge in [-0.15, -0.1) is 0 Å². The van der Waals surface area contributed by atoms with Crippen LogP contribution in [0.15, 0.2) is 27.9 Å². The maximum absolute atomic E-state index is 12.8. The van der Waals surface area contributed by atoms with Crippen molar-refractivity contribution in [2.45, 2.75) is 52.1 Å². The molecule has 0 aromatic carbocycles. The van der Waals surface area contributed by atoms with Gasteiger partial charge in [0.2, 0.25) is 0 Å². The van der Waals surface area contributed by atoms with Crippen LogP contribution in [0.3, 0.4) is 0 Å². The second kappa shape index (κ2) is 7.88. The number of nitrogens with one attached hydrogen (secondary N) is 1. The van der Waals surface area contributed by atoms with Gasteiger partial charge in [-0.25, -0.2) is 0 Å². The van der Waals surface area contributed by atoms with Gasteiger partial charge in [-0.1, -0.05) is 20.3 Å². The first kappa shape index (κ1) is 18.4. The van der Waals surface area contributed by atoms with Gasteiger partial charge in [0.05, 0.1) is 10.9 Å². The van der Waals surface area contributed by atoms with E-state index in [2.05, 4.69) is 23.7 Å².